The van der Waals surface area contributed by atoms with Crippen LogP contribution in [0.4, 0.5) is 5.69 Å². The first kappa shape index (κ1) is 23.5. The Labute approximate surface area is 152 Å². The topological polar surface area (TPSA) is 144 Å². The van der Waals surface area contributed by atoms with Crippen LogP contribution in [-0.2, 0) is 24.4 Å². The van der Waals surface area contributed by atoms with Gasteiger partial charge in [-0.3, -0.25) is 4.79 Å². The summed E-state index contributed by atoms with van der Waals surface area (Å²) < 4.78 is 25.5. The van der Waals surface area contributed by atoms with Crippen LogP contribution in [0.3, 0.4) is 0 Å². The van der Waals surface area contributed by atoms with Crippen LogP contribution in [0.5, 0.6) is 0 Å². The number of aryl methyl sites for hydroxylation is 1. The number of anilines is 1. The van der Waals surface area contributed by atoms with Crippen LogP contribution in [-0.4, -0.2) is 80.4 Å². The maximum Gasteiger partial charge on any atom is 0.414 e. The molecule has 0 fully saturated rings. The third-order valence-electron chi connectivity index (χ3n) is 2.87. The normalized spacial score (nSPS) is 10.9. The molecule has 0 aliphatic heterocycles. The molecule has 0 unspecified atom stereocenters. The number of carboxylic acids is 2. The number of aliphatic carboxylic acids is 2. The van der Waals surface area contributed by atoms with Crippen molar-refractivity contribution in [2.75, 3.05) is 40.1 Å². The van der Waals surface area contributed by atoms with Crippen molar-refractivity contribution in [2.45, 2.75) is 11.8 Å². The summed E-state index contributed by atoms with van der Waals surface area (Å²) in [7, 11) is 3.02. The van der Waals surface area contributed by atoms with Crippen LogP contribution in [0.15, 0.2) is 23.1 Å². The standard InChI is InChI=1S/C13H21N3O3S.C2H2O4/c1-10-6-7-11(14-13(17)9-15(2)3)8-12(10)20(18,19)16(4)5;3-1(4)2(5)6/h6-8H,9H2,1-5H3,(H,14,17);(H,3,4)(H,5,6). The van der Waals surface area contributed by atoms with Gasteiger partial charge in [-0.15, -0.1) is 0 Å². The lowest BCUT2D eigenvalue weighted by molar-refractivity contribution is -0.159. The molecule has 0 spiro atoms. The summed E-state index contributed by atoms with van der Waals surface area (Å²) in [6.07, 6.45) is 0. The fourth-order valence-electron chi connectivity index (χ4n) is 1.64. The summed E-state index contributed by atoms with van der Waals surface area (Å²) in [5.74, 6) is -3.84. The van der Waals surface area contributed by atoms with Crippen molar-refractivity contribution < 1.29 is 33.0 Å². The Hall–Kier alpha value is -2.50. The van der Waals surface area contributed by atoms with Gasteiger partial charge in [0, 0.05) is 19.8 Å². The highest BCUT2D eigenvalue weighted by molar-refractivity contribution is 7.89. The van der Waals surface area contributed by atoms with E-state index in [9.17, 15) is 13.2 Å². The quantitative estimate of drug-likeness (QED) is 0.592. The number of rotatable bonds is 5. The highest BCUT2D eigenvalue weighted by Crippen LogP contribution is 2.22. The zero-order chi connectivity index (χ0) is 20.7. The van der Waals surface area contributed by atoms with E-state index in [0.717, 1.165) is 4.31 Å². The molecule has 0 aromatic heterocycles. The van der Waals surface area contributed by atoms with Gasteiger partial charge >= 0.3 is 11.9 Å². The van der Waals surface area contributed by atoms with E-state index in [4.69, 9.17) is 19.8 Å². The number of hydrogen-bond acceptors (Lipinski definition) is 6. The van der Waals surface area contributed by atoms with Gasteiger partial charge < -0.3 is 20.4 Å². The van der Waals surface area contributed by atoms with Crippen molar-refractivity contribution >= 4 is 33.6 Å². The molecule has 0 aliphatic carbocycles. The summed E-state index contributed by atoms with van der Waals surface area (Å²) in [6.45, 7) is 1.96. The number of likely N-dealkylation sites (N-methyl/N-ethyl adjacent to an activating group) is 1. The van der Waals surface area contributed by atoms with E-state index in [0.29, 0.717) is 11.3 Å². The molecule has 0 aliphatic rings. The van der Waals surface area contributed by atoms with Crippen molar-refractivity contribution in [3.8, 4) is 0 Å². The Bertz CT molecular complexity index is 761. The summed E-state index contributed by atoms with van der Waals surface area (Å²) in [5, 5.41) is 17.5. The molecule has 3 N–H and O–H groups in total. The molecule has 0 bridgehead atoms. The van der Waals surface area contributed by atoms with Crippen LogP contribution < -0.4 is 5.32 Å². The van der Waals surface area contributed by atoms with Crippen molar-refractivity contribution in [3.05, 3.63) is 23.8 Å². The van der Waals surface area contributed by atoms with Crippen molar-refractivity contribution in [2.24, 2.45) is 0 Å². The molecule has 0 heterocycles. The Morgan fingerprint density at radius 2 is 1.54 bits per heavy atom. The number of carbonyl (C=O) groups is 3. The number of benzene rings is 1. The molecular formula is C15H23N3O7S. The average molecular weight is 389 g/mol. The third kappa shape index (κ3) is 7.59. The van der Waals surface area contributed by atoms with E-state index in [-0.39, 0.29) is 17.3 Å². The van der Waals surface area contributed by atoms with Crippen LogP contribution in [0, 0.1) is 6.92 Å². The van der Waals surface area contributed by atoms with Gasteiger partial charge in [0.25, 0.3) is 0 Å². The summed E-state index contributed by atoms with van der Waals surface area (Å²) in [4.78, 5) is 31.8. The highest BCUT2D eigenvalue weighted by atomic mass is 32.2. The Balaban J connectivity index is 0.000000896. The SMILES string of the molecule is Cc1ccc(NC(=O)CN(C)C)cc1S(=O)(=O)N(C)C.O=C(O)C(=O)O. The number of hydrogen-bond donors (Lipinski definition) is 3. The lowest BCUT2D eigenvalue weighted by Crippen LogP contribution is -2.27. The van der Waals surface area contributed by atoms with Crippen LogP contribution >= 0.6 is 0 Å². The van der Waals surface area contributed by atoms with E-state index in [1.54, 1.807) is 38.1 Å². The van der Waals surface area contributed by atoms with E-state index < -0.39 is 22.0 Å². The first-order chi connectivity index (χ1) is 11.8. The van der Waals surface area contributed by atoms with Gasteiger partial charge in [-0.2, -0.15) is 0 Å². The fraction of sp³-hybridized carbons (Fsp3) is 0.400. The third-order valence-corrected chi connectivity index (χ3v) is 4.83. The lowest BCUT2D eigenvalue weighted by Gasteiger charge is -2.15. The molecule has 1 aromatic rings. The summed E-state index contributed by atoms with van der Waals surface area (Å²) >= 11 is 0. The first-order valence-electron chi connectivity index (χ1n) is 7.23. The van der Waals surface area contributed by atoms with Crippen molar-refractivity contribution in [3.63, 3.8) is 0 Å². The van der Waals surface area contributed by atoms with Gasteiger partial charge in [0.15, 0.2) is 0 Å². The number of carboxylic acid groups (broad SMARTS) is 2. The fourth-order valence-corrected chi connectivity index (χ4v) is 2.78. The second-order valence-electron chi connectivity index (χ2n) is 5.66. The molecule has 1 amide bonds. The van der Waals surface area contributed by atoms with E-state index >= 15 is 0 Å². The molecule has 10 nitrogen and oxygen atoms in total. The first-order valence-corrected chi connectivity index (χ1v) is 8.67. The predicted molar refractivity (Wildman–Crippen MR) is 94.5 cm³/mol. The minimum atomic E-state index is -3.52. The summed E-state index contributed by atoms with van der Waals surface area (Å²) in [5.41, 5.74) is 1.12. The predicted octanol–water partition coefficient (Wildman–Crippen LogP) is -0.0990. The van der Waals surface area contributed by atoms with Gasteiger partial charge in [-0.25, -0.2) is 22.3 Å². The monoisotopic (exact) mass is 389 g/mol. The van der Waals surface area contributed by atoms with Gasteiger partial charge in [0.05, 0.1) is 11.4 Å². The van der Waals surface area contributed by atoms with Crippen molar-refractivity contribution in [1.29, 1.82) is 0 Å². The molecule has 1 rings (SSSR count). The van der Waals surface area contributed by atoms with E-state index in [1.807, 2.05) is 0 Å². The molecule has 0 saturated carbocycles. The molecule has 1 aromatic carbocycles. The van der Waals surface area contributed by atoms with Crippen LogP contribution in [0.2, 0.25) is 0 Å². The zero-order valence-corrected chi connectivity index (χ0v) is 16.0. The smallest absolute Gasteiger partial charge is 0.414 e. The minimum absolute atomic E-state index is 0.188. The van der Waals surface area contributed by atoms with Gasteiger partial charge in [-0.05, 0) is 38.7 Å². The van der Waals surface area contributed by atoms with Gasteiger partial charge in [-0.1, -0.05) is 6.07 Å². The number of carbonyl (C=O) groups excluding carboxylic acids is 1. The lowest BCUT2D eigenvalue weighted by atomic mass is 10.2. The molecule has 11 heteroatoms. The second kappa shape index (κ2) is 9.85. The Morgan fingerprint density at radius 1 is 1.04 bits per heavy atom. The molecular weight excluding hydrogens is 366 g/mol. The largest absolute Gasteiger partial charge is 0.473 e. The molecule has 0 saturated heterocycles. The van der Waals surface area contributed by atoms with Gasteiger partial charge in [0.2, 0.25) is 15.9 Å². The maximum atomic E-state index is 12.2. The average Bonchev–Trinajstić information content (AvgIpc) is 2.48. The summed E-state index contributed by atoms with van der Waals surface area (Å²) in [6, 6.07) is 4.86. The molecule has 26 heavy (non-hydrogen) atoms. The Kier molecular flexibility index (Phi) is 8.90. The maximum absolute atomic E-state index is 12.2. The minimum Gasteiger partial charge on any atom is -0.473 e. The van der Waals surface area contributed by atoms with E-state index in [1.165, 1.54) is 20.2 Å². The number of amides is 1. The molecule has 0 radical (unpaired) electrons. The van der Waals surface area contributed by atoms with E-state index in [2.05, 4.69) is 5.32 Å². The molecule has 146 valence electrons. The van der Waals surface area contributed by atoms with Crippen molar-refractivity contribution in [1.82, 2.24) is 9.21 Å². The molecule has 0 atom stereocenters. The second-order valence-corrected chi connectivity index (χ2v) is 7.78. The van der Waals surface area contributed by atoms with Crippen LogP contribution in [0.1, 0.15) is 5.56 Å². The number of sulfonamides is 1. The number of nitrogens with one attached hydrogen (secondary N) is 1. The van der Waals surface area contributed by atoms with Gasteiger partial charge in [0.1, 0.15) is 0 Å². The Morgan fingerprint density at radius 3 is 1.92 bits per heavy atom. The highest BCUT2D eigenvalue weighted by Gasteiger charge is 2.20. The van der Waals surface area contributed by atoms with Crippen LogP contribution in [0.25, 0.3) is 0 Å². The number of nitrogens with zero attached hydrogens (tertiary/aromatic N) is 2. The zero-order valence-electron chi connectivity index (χ0n) is 15.2.